The molecular formula is C22H33NO3. The van der Waals surface area contributed by atoms with E-state index in [2.05, 4.69) is 33.0 Å². The van der Waals surface area contributed by atoms with Crippen LogP contribution in [0.2, 0.25) is 0 Å². The first-order chi connectivity index (χ1) is 12.4. The summed E-state index contributed by atoms with van der Waals surface area (Å²) < 4.78 is 5.23. The van der Waals surface area contributed by atoms with Gasteiger partial charge in [0.1, 0.15) is 0 Å². The number of hydrogen-bond donors (Lipinski definition) is 1. The van der Waals surface area contributed by atoms with Gasteiger partial charge in [0.15, 0.2) is 6.61 Å². The number of rotatable bonds is 7. The van der Waals surface area contributed by atoms with Crippen LogP contribution >= 0.6 is 0 Å². The van der Waals surface area contributed by atoms with Crippen molar-refractivity contribution in [1.29, 1.82) is 0 Å². The second-order valence-corrected chi connectivity index (χ2v) is 8.04. The van der Waals surface area contributed by atoms with Crippen LogP contribution in [0.25, 0.3) is 0 Å². The topological polar surface area (TPSA) is 55.4 Å². The minimum Gasteiger partial charge on any atom is -0.456 e. The molecule has 0 atom stereocenters. The Balaban J connectivity index is 1.93. The molecule has 1 aliphatic rings. The molecule has 0 saturated heterocycles. The zero-order valence-electron chi connectivity index (χ0n) is 16.6. The lowest BCUT2D eigenvalue weighted by Crippen LogP contribution is -2.23. The van der Waals surface area contributed by atoms with E-state index in [9.17, 15) is 9.59 Å². The molecule has 1 aromatic rings. The van der Waals surface area contributed by atoms with Crippen molar-refractivity contribution < 1.29 is 14.3 Å². The van der Waals surface area contributed by atoms with E-state index in [-0.39, 0.29) is 18.5 Å². The molecule has 144 valence electrons. The van der Waals surface area contributed by atoms with Gasteiger partial charge in [-0.05, 0) is 41.7 Å². The Hall–Kier alpha value is -1.84. The van der Waals surface area contributed by atoms with Crippen LogP contribution in [0.4, 0.5) is 5.69 Å². The number of carbonyl (C=O) groups excluding carboxylic acids is 2. The number of carbonyl (C=O) groups is 2. The Morgan fingerprint density at radius 1 is 1.04 bits per heavy atom. The van der Waals surface area contributed by atoms with Crippen LogP contribution in [0.5, 0.6) is 0 Å². The van der Waals surface area contributed by atoms with Crippen molar-refractivity contribution in [3.8, 4) is 0 Å². The van der Waals surface area contributed by atoms with Crippen LogP contribution in [0.3, 0.4) is 0 Å². The summed E-state index contributed by atoms with van der Waals surface area (Å²) in [4.78, 5) is 24.4. The van der Waals surface area contributed by atoms with E-state index in [0.29, 0.717) is 24.2 Å². The fraction of sp³-hybridized carbons (Fsp3) is 0.636. The van der Waals surface area contributed by atoms with Crippen LogP contribution in [-0.2, 0) is 14.3 Å². The summed E-state index contributed by atoms with van der Waals surface area (Å²) >= 11 is 0. The third-order valence-electron chi connectivity index (χ3n) is 5.18. The molecule has 26 heavy (non-hydrogen) atoms. The summed E-state index contributed by atoms with van der Waals surface area (Å²) in [5.41, 5.74) is 3.09. The van der Waals surface area contributed by atoms with Gasteiger partial charge in [-0.25, -0.2) is 0 Å². The molecule has 0 bridgehead atoms. The average molecular weight is 360 g/mol. The number of nitrogens with one attached hydrogen (secondary N) is 1. The summed E-state index contributed by atoms with van der Waals surface area (Å²) in [5.74, 6) is 0.509. The van der Waals surface area contributed by atoms with Gasteiger partial charge in [-0.15, -0.1) is 0 Å². The van der Waals surface area contributed by atoms with Gasteiger partial charge < -0.3 is 10.1 Å². The first-order valence-electron chi connectivity index (χ1n) is 9.96. The first kappa shape index (κ1) is 20.5. The first-order valence-corrected chi connectivity index (χ1v) is 9.96. The third-order valence-corrected chi connectivity index (χ3v) is 5.18. The van der Waals surface area contributed by atoms with Gasteiger partial charge in [0, 0.05) is 12.1 Å². The van der Waals surface area contributed by atoms with Crippen molar-refractivity contribution in [1.82, 2.24) is 0 Å². The summed E-state index contributed by atoms with van der Waals surface area (Å²) in [7, 11) is 0. The van der Waals surface area contributed by atoms with Gasteiger partial charge in [-0.2, -0.15) is 0 Å². The van der Waals surface area contributed by atoms with E-state index in [0.717, 1.165) is 29.7 Å². The third kappa shape index (κ3) is 5.86. The van der Waals surface area contributed by atoms with Gasteiger partial charge in [-0.3, -0.25) is 9.59 Å². The fourth-order valence-electron chi connectivity index (χ4n) is 3.70. The molecule has 1 amide bonds. The standard InChI is InChI=1S/C22H33NO3/c1-15(2)18-11-8-12-19(16(3)4)22(18)23-20(24)14-26-21(25)13-17-9-6-5-7-10-17/h8,11-12,15-17H,5-7,9-10,13-14H2,1-4H3,(H,23,24). The highest BCUT2D eigenvalue weighted by Crippen LogP contribution is 2.32. The highest BCUT2D eigenvalue weighted by Gasteiger charge is 2.20. The molecule has 1 fully saturated rings. The normalized spacial score (nSPS) is 15.3. The molecule has 1 aliphatic carbocycles. The monoisotopic (exact) mass is 359 g/mol. The molecule has 0 radical (unpaired) electrons. The predicted octanol–water partition coefficient (Wildman–Crippen LogP) is 5.39. The van der Waals surface area contributed by atoms with Gasteiger partial charge in [0.05, 0.1) is 0 Å². The van der Waals surface area contributed by atoms with E-state index < -0.39 is 0 Å². The zero-order chi connectivity index (χ0) is 19.1. The molecule has 1 N–H and O–H groups in total. The lowest BCUT2D eigenvalue weighted by atomic mass is 9.87. The van der Waals surface area contributed by atoms with Crippen molar-refractivity contribution in [3.63, 3.8) is 0 Å². The number of benzene rings is 1. The molecule has 0 unspecified atom stereocenters. The Bertz CT molecular complexity index is 590. The molecule has 0 spiro atoms. The number of esters is 1. The van der Waals surface area contributed by atoms with E-state index in [1.807, 2.05) is 18.2 Å². The molecule has 1 aromatic carbocycles. The Kier molecular flexibility index (Phi) is 7.67. The predicted molar refractivity (Wildman–Crippen MR) is 105 cm³/mol. The van der Waals surface area contributed by atoms with Crippen LogP contribution in [0.15, 0.2) is 18.2 Å². The van der Waals surface area contributed by atoms with Crippen LogP contribution in [-0.4, -0.2) is 18.5 Å². The molecule has 4 heteroatoms. The van der Waals surface area contributed by atoms with Gasteiger partial charge in [0.2, 0.25) is 0 Å². The minimum atomic E-state index is -0.267. The zero-order valence-corrected chi connectivity index (χ0v) is 16.6. The molecule has 4 nitrogen and oxygen atoms in total. The Labute approximate surface area is 157 Å². The van der Waals surface area contributed by atoms with E-state index in [1.54, 1.807) is 0 Å². The molecule has 0 aliphatic heterocycles. The van der Waals surface area contributed by atoms with Crippen molar-refractivity contribution in [3.05, 3.63) is 29.3 Å². The summed E-state index contributed by atoms with van der Waals surface area (Å²) in [6.45, 7) is 8.23. The van der Waals surface area contributed by atoms with E-state index >= 15 is 0 Å². The lowest BCUT2D eigenvalue weighted by molar-refractivity contribution is -0.148. The minimum absolute atomic E-state index is 0.213. The van der Waals surface area contributed by atoms with Crippen molar-refractivity contribution in [2.75, 3.05) is 11.9 Å². The Morgan fingerprint density at radius 3 is 2.15 bits per heavy atom. The van der Waals surface area contributed by atoms with Gasteiger partial charge in [-0.1, -0.05) is 65.2 Å². The van der Waals surface area contributed by atoms with Gasteiger partial charge in [0.25, 0.3) is 5.91 Å². The van der Waals surface area contributed by atoms with E-state index in [4.69, 9.17) is 4.74 Å². The lowest BCUT2D eigenvalue weighted by Gasteiger charge is -2.21. The molecule has 0 aromatic heterocycles. The maximum Gasteiger partial charge on any atom is 0.306 e. The fourth-order valence-corrected chi connectivity index (χ4v) is 3.70. The Morgan fingerprint density at radius 2 is 1.62 bits per heavy atom. The molecule has 2 rings (SSSR count). The number of anilines is 1. The highest BCUT2D eigenvalue weighted by molar-refractivity contribution is 5.94. The van der Waals surface area contributed by atoms with Crippen LogP contribution in [0, 0.1) is 5.92 Å². The smallest absolute Gasteiger partial charge is 0.306 e. The SMILES string of the molecule is CC(C)c1cccc(C(C)C)c1NC(=O)COC(=O)CC1CCCCC1. The van der Waals surface area contributed by atoms with Crippen molar-refractivity contribution in [2.24, 2.45) is 5.92 Å². The maximum absolute atomic E-state index is 12.4. The largest absolute Gasteiger partial charge is 0.456 e. The number of hydrogen-bond acceptors (Lipinski definition) is 3. The maximum atomic E-state index is 12.4. The summed E-state index contributed by atoms with van der Waals surface area (Å²) in [6, 6.07) is 6.12. The van der Waals surface area contributed by atoms with E-state index in [1.165, 1.54) is 19.3 Å². The summed E-state index contributed by atoms with van der Waals surface area (Å²) in [5, 5.41) is 2.98. The quantitative estimate of drug-likeness (QED) is 0.664. The average Bonchev–Trinajstić information content (AvgIpc) is 2.60. The number of para-hydroxylation sites is 1. The molecular weight excluding hydrogens is 326 g/mol. The molecule has 1 saturated carbocycles. The van der Waals surface area contributed by atoms with Crippen molar-refractivity contribution in [2.45, 2.75) is 78.1 Å². The number of amides is 1. The summed E-state index contributed by atoms with van der Waals surface area (Å²) in [6.07, 6.45) is 6.29. The van der Waals surface area contributed by atoms with Gasteiger partial charge >= 0.3 is 5.97 Å². The van der Waals surface area contributed by atoms with Crippen LogP contribution < -0.4 is 5.32 Å². The molecule has 0 heterocycles. The highest BCUT2D eigenvalue weighted by atomic mass is 16.5. The second-order valence-electron chi connectivity index (χ2n) is 8.04. The van der Waals surface area contributed by atoms with Crippen molar-refractivity contribution >= 4 is 17.6 Å². The number of ether oxygens (including phenoxy) is 1. The van der Waals surface area contributed by atoms with Crippen LogP contribution in [0.1, 0.15) is 89.2 Å². The second kappa shape index (κ2) is 9.75.